The Bertz CT molecular complexity index is 965. The molecule has 0 amide bonds. The van der Waals surface area contributed by atoms with E-state index < -0.39 is 0 Å². The van der Waals surface area contributed by atoms with Gasteiger partial charge in [-0.1, -0.05) is 88.4 Å². The molecule has 1 radical (unpaired) electrons. The molecule has 0 unspecified atom stereocenters. The number of carbonyl (C=O) groups is 1. The molecule has 0 bridgehead atoms. The summed E-state index contributed by atoms with van der Waals surface area (Å²) in [6.45, 7) is 8.62. The minimum Gasteiger partial charge on any atom is -0.293 e. The molecule has 3 aromatic carbocycles. The minimum atomic E-state index is -0.229. The van der Waals surface area contributed by atoms with Crippen LogP contribution in [0.5, 0.6) is 0 Å². The van der Waals surface area contributed by atoms with Crippen LogP contribution in [0.3, 0.4) is 0 Å². The highest BCUT2D eigenvalue weighted by Gasteiger charge is 2.34. The zero-order valence-corrected chi connectivity index (χ0v) is 16.4. The second-order valence-electron chi connectivity index (χ2n) is 8.02. The van der Waals surface area contributed by atoms with E-state index >= 15 is 0 Å². The Balaban J connectivity index is 1.87. The monoisotopic (exact) mass is 353 g/mol. The molecule has 135 valence electrons. The van der Waals surface area contributed by atoms with Crippen molar-refractivity contribution in [3.05, 3.63) is 94.5 Å². The van der Waals surface area contributed by atoms with Gasteiger partial charge in [-0.2, -0.15) is 0 Å². The molecule has 0 heterocycles. The van der Waals surface area contributed by atoms with Crippen molar-refractivity contribution in [3.63, 3.8) is 0 Å². The molecule has 0 N–H and O–H groups in total. The van der Waals surface area contributed by atoms with E-state index in [2.05, 4.69) is 64.1 Å². The molecule has 1 aliphatic rings. The standard InChI is InChI=1S/C26H25O/c1-16(2)18-13-14-23(24(15-18)17(3)4)26(27)25-21-11-7-5-9-19(21)20-10-6-8-12-22(20)25/h5-14,16-17,25H,1-4H3. The van der Waals surface area contributed by atoms with Crippen molar-refractivity contribution in [1.29, 1.82) is 0 Å². The Kier molecular flexibility index (Phi) is 4.47. The molecule has 1 nitrogen and oxygen atoms in total. The minimum absolute atomic E-state index is 0.183. The molecule has 3 aromatic rings. The fraction of sp³-hybridized carbons (Fsp3) is 0.269. The quantitative estimate of drug-likeness (QED) is 0.475. The Morgan fingerprint density at radius 1 is 0.778 bits per heavy atom. The summed E-state index contributed by atoms with van der Waals surface area (Å²) in [5.41, 5.74) is 7.61. The fourth-order valence-corrected chi connectivity index (χ4v) is 4.13. The summed E-state index contributed by atoms with van der Waals surface area (Å²) in [4.78, 5) is 13.8. The van der Waals surface area contributed by atoms with Crippen LogP contribution < -0.4 is 0 Å². The lowest BCUT2D eigenvalue weighted by Crippen LogP contribution is -2.15. The lowest BCUT2D eigenvalue weighted by atomic mass is 9.83. The number of benzene rings is 3. The Morgan fingerprint density at radius 3 is 1.85 bits per heavy atom. The van der Waals surface area contributed by atoms with Crippen LogP contribution in [0.15, 0.2) is 60.7 Å². The molecule has 0 saturated heterocycles. The summed E-state index contributed by atoms with van der Waals surface area (Å²) >= 11 is 0. The second kappa shape index (κ2) is 6.81. The molecular formula is C26H25O. The highest BCUT2D eigenvalue weighted by Crippen LogP contribution is 2.46. The van der Waals surface area contributed by atoms with E-state index in [9.17, 15) is 4.79 Å². The molecule has 0 fully saturated rings. The van der Waals surface area contributed by atoms with E-state index in [1.807, 2.05) is 30.3 Å². The average Bonchev–Trinajstić information content (AvgIpc) is 3.01. The van der Waals surface area contributed by atoms with Crippen molar-refractivity contribution >= 4 is 5.78 Å². The number of ketones is 1. The van der Waals surface area contributed by atoms with Gasteiger partial charge in [0.1, 0.15) is 0 Å². The zero-order valence-electron chi connectivity index (χ0n) is 16.4. The number of hydrogen-bond donors (Lipinski definition) is 0. The summed E-state index contributed by atoms with van der Waals surface area (Å²) in [5, 5.41) is 0. The number of Topliss-reactive ketones (excluding diaryl/α,β-unsaturated/α-hetero) is 1. The van der Waals surface area contributed by atoms with Crippen molar-refractivity contribution in [2.45, 2.75) is 45.4 Å². The maximum Gasteiger partial charge on any atom is 0.175 e. The number of rotatable bonds is 4. The van der Waals surface area contributed by atoms with Crippen LogP contribution in [0.1, 0.15) is 78.1 Å². The number of fused-ring (bicyclic) bond motifs is 3. The third-order valence-corrected chi connectivity index (χ3v) is 5.56. The highest BCUT2D eigenvalue weighted by atomic mass is 16.1. The summed E-state index contributed by atoms with van der Waals surface area (Å²) in [5.74, 6) is 0.616. The van der Waals surface area contributed by atoms with Gasteiger partial charge >= 0.3 is 0 Å². The number of carbonyl (C=O) groups excluding carboxylic acids is 1. The van der Waals surface area contributed by atoms with E-state index in [-0.39, 0.29) is 17.6 Å². The normalized spacial score (nSPS) is 13.1. The summed E-state index contributed by atoms with van der Waals surface area (Å²) in [6, 6.07) is 24.2. The lowest BCUT2D eigenvalue weighted by molar-refractivity contribution is 0.0974. The van der Waals surface area contributed by atoms with Crippen LogP contribution in [-0.4, -0.2) is 5.78 Å². The Hall–Kier alpha value is -2.67. The third kappa shape index (κ3) is 2.92. The molecule has 0 spiro atoms. The van der Waals surface area contributed by atoms with Crippen LogP contribution in [0.2, 0.25) is 0 Å². The van der Waals surface area contributed by atoms with Crippen LogP contribution in [0, 0.1) is 6.07 Å². The Morgan fingerprint density at radius 2 is 1.33 bits per heavy atom. The summed E-state index contributed by atoms with van der Waals surface area (Å²) in [6.07, 6.45) is 0. The van der Waals surface area contributed by atoms with Crippen molar-refractivity contribution in [2.75, 3.05) is 0 Å². The van der Waals surface area contributed by atoms with Gasteiger partial charge in [0.15, 0.2) is 5.78 Å². The van der Waals surface area contributed by atoms with E-state index in [0.717, 1.165) is 22.3 Å². The fourth-order valence-electron chi connectivity index (χ4n) is 4.13. The van der Waals surface area contributed by atoms with E-state index in [4.69, 9.17) is 0 Å². The van der Waals surface area contributed by atoms with Gasteiger partial charge in [-0.3, -0.25) is 4.79 Å². The molecule has 1 aliphatic carbocycles. The molecule has 0 saturated carbocycles. The van der Waals surface area contributed by atoms with Gasteiger partial charge in [0.2, 0.25) is 0 Å². The third-order valence-electron chi connectivity index (χ3n) is 5.56. The second-order valence-corrected chi connectivity index (χ2v) is 8.02. The van der Waals surface area contributed by atoms with Crippen LogP contribution in [-0.2, 0) is 0 Å². The van der Waals surface area contributed by atoms with Crippen molar-refractivity contribution in [1.82, 2.24) is 0 Å². The summed E-state index contributed by atoms with van der Waals surface area (Å²) in [7, 11) is 0. The largest absolute Gasteiger partial charge is 0.293 e. The first kappa shape index (κ1) is 17.7. The van der Waals surface area contributed by atoms with Gasteiger partial charge in [-0.05, 0) is 51.3 Å². The smallest absolute Gasteiger partial charge is 0.175 e. The topological polar surface area (TPSA) is 17.1 Å². The van der Waals surface area contributed by atoms with Crippen molar-refractivity contribution < 1.29 is 4.79 Å². The van der Waals surface area contributed by atoms with Gasteiger partial charge in [0.05, 0.1) is 5.92 Å². The van der Waals surface area contributed by atoms with Gasteiger partial charge < -0.3 is 0 Å². The van der Waals surface area contributed by atoms with Crippen LogP contribution in [0.4, 0.5) is 0 Å². The predicted molar refractivity (Wildman–Crippen MR) is 112 cm³/mol. The highest BCUT2D eigenvalue weighted by molar-refractivity contribution is 6.08. The van der Waals surface area contributed by atoms with Crippen LogP contribution in [0.25, 0.3) is 11.1 Å². The first-order valence-corrected chi connectivity index (χ1v) is 9.77. The van der Waals surface area contributed by atoms with Crippen LogP contribution >= 0.6 is 0 Å². The van der Waals surface area contributed by atoms with Gasteiger partial charge in [0.25, 0.3) is 0 Å². The molecule has 1 heteroatoms. The Labute approximate surface area is 162 Å². The molecule has 0 aromatic heterocycles. The zero-order chi connectivity index (χ0) is 19.1. The number of hydrogen-bond acceptors (Lipinski definition) is 1. The molecule has 4 rings (SSSR count). The predicted octanol–water partition coefficient (Wildman–Crippen LogP) is 6.73. The van der Waals surface area contributed by atoms with Gasteiger partial charge in [-0.25, -0.2) is 0 Å². The van der Waals surface area contributed by atoms with E-state index in [1.165, 1.54) is 16.7 Å². The van der Waals surface area contributed by atoms with Crippen molar-refractivity contribution in [2.24, 2.45) is 0 Å². The lowest BCUT2D eigenvalue weighted by Gasteiger charge is -2.19. The SMILES string of the molecule is CC(C)c1[c]c(C(C)C)c(C(=O)C2c3ccccc3-c3ccccc32)cc1. The summed E-state index contributed by atoms with van der Waals surface area (Å²) < 4.78 is 0. The average molecular weight is 353 g/mol. The first-order chi connectivity index (χ1) is 13.0. The van der Waals surface area contributed by atoms with E-state index in [0.29, 0.717) is 5.92 Å². The maximum absolute atomic E-state index is 13.8. The van der Waals surface area contributed by atoms with Crippen molar-refractivity contribution in [3.8, 4) is 11.1 Å². The molecular weight excluding hydrogens is 328 g/mol. The van der Waals surface area contributed by atoms with Gasteiger partial charge in [0, 0.05) is 5.56 Å². The van der Waals surface area contributed by atoms with Gasteiger partial charge in [-0.15, -0.1) is 0 Å². The molecule has 0 atom stereocenters. The van der Waals surface area contributed by atoms with E-state index in [1.54, 1.807) is 0 Å². The molecule has 0 aliphatic heterocycles. The first-order valence-electron chi connectivity index (χ1n) is 9.77. The molecule has 27 heavy (non-hydrogen) atoms. The maximum atomic E-state index is 13.8.